The van der Waals surface area contributed by atoms with Crippen molar-refractivity contribution in [3.05, 3.63) is 17.0 Å². The van der Waals surface area contributed by atoms with Gasteiger partial charge in [-0.3, -0.25) is 0 Å². The highest BCUT2D eigenvalue weighted by atomic mass is 32.2. The maximum Gasteiger partial charge on any atom is 0.252 e. The number of rotatable bonds is 6. The summed E-state index contributed by atoms with van der Waals surface area (Å²) in [7, 11) is -1.74. The van der Waals surface area contributed by atoms with E-state index in [4.69, 9.17) is 4.74 Å². The van der Waals surface area contributed by atoms with Gasteiger partial charge in [-0.15, -0.1) is 11.3 Å². The van der Waals surface area contributed by atoms with Crippen LogP contribution in [0.1, 0.15) is 32.3 Å². The number of hydrogen-bond donors (Lipinski definition) is 1. The van der Waals surface area contributed by atoms with E-state index in [-0.39, 0.29) is 6.10 Å². The fraction of sp³-hybridized carbons (Fsp3) is 0.714. The number of sulfonamides is 1. The molecule has 0 aliphatic carbocycles. The van der Waals surface area contributed by atoms with Crippen molar-refractivity contribution in [1.29, 1.82) is 0 Å². The Morgan fingerprint density at radius 1 is 1.52 bits per heavy atom. The van der Waals surface area contributed by atoms with Gasteiger partial charge in [-0.05, 0) is 29.9 Å². The molecule has 1 saturated heterocycles. The van der Waals surface area contributed by atoms with Crippen molar-refractivity contribution in [1.82, 2.24) is 9.62 Å². The molecule has 5 nitrogen and oxygen atoms in total. The van der Waals surface area contributed by atoms with E-state index in [0.717, 1.165) is 18.4 Å². The Morgan fingerprint density at radius 3 is 2.95 bits per heavy atom. The summed E-state index contributed by atoms with van der Waals surface area (Å²) in [6.07, 6.45) is 1.79. The van der Waals surface area contributed by atoms with Gasteiger partial charge in [0.15, 0.2) is 0 Å². The van der Waals surface area contributed by atoms with Gasteiger partial charge in [-0.2, -0.15) is 4.31 Å². The molecule has 7 heteroatoms. The Balaban J connectivity index is 2.08. The average molecular weight is 332 g/mol. The molecule has 1 aromatic heterocycles. The van der Waals surface area contributed by atoms with Crippen LogP contribution in [0.4, 0.5) is 0 Å². The second kappa shape index (κ2) is 7.19. The lowest BCUT2D eigenvalue weighted by Gasteiger charge is -2.30. The zero-order chi connectivity index (χ0) is 15.5. The summed E-state index contributed by atoms with van der Waals surface area (Å²) < 4.78 is 32.6. The van der Waals surface area contributed by atoms with Crippen molar-refractivity contribution in [2.24, 2.45) is 0 Å². The average Bonchev–Trinajstić information content (AvgIpc) is 2.95. The molecule has 1 aromatic rings. The Kier molecular flexibility index (Phi) is 5.79. The fourth-order valence-corrected chi connectivity index (χ4v) is 5.22. The molecule has 1 aliphatic heterocycles. The molecule has 1 fully saturated rings. The quantitative estimate of drug-likeness (QED) is 0.866. The van der Waals surface area contributed by atoms with E-state index in [9.17, 15) is 8.42 Å². The number of hydrogen-bond acceptors (Lipinski definition) is 5. The standard InChI is InChI=1S/C14H24N2O3S2/c1-11(2)15-8-12-7-14(20-10-12)21(17,18)16-6-4-5-13(9-16)19-3/h7,10-11,13,15H,4-6,8-9H2,1-3H3. The van der Waals surface area contributed by atoms with Crippen LogP contribution in [0.15, 0.2) is 15.7 Å². The van der Waals surface area contributed by atoms with Crippen LogP contribution in [0, 0.1) is 0 Å². The van der Waals surface area contributed by atoms with E-state index in [1.165, 1.54) is 11.3 Å². The zero-order valence-electron chi connectivity index (χ0n) is 12.8. The zero-order valence-corrected chi connectivity index (χ0v) is 14.5. The highest BCUT2D eigenvalue weighted by Gasteiger charge is 2.31. The van der Waals surface area contributed by atoms with E-state index < -0.39 is 10.0 Å². The highest BCUT2D eigenvalue weighted by Crippen LogP contribution is 2.26. The molecule has 120 valence electrons. The van der Waals surface area contributed by atoms with Crippen LogP contribution in [-0.4, -0.2) is 45.1 Å². The molecule has 0 amide bonds. The SMILES string of the molecule is COC1CCCN(S(=O)(=O)c2cc(CNC(C)C)cs2)C1. The first-order chi connectivity index (χ1) is 9.93. The first-order valence-electron chi connectivity index (χ1n) is 7.27. The number of nitrogens with one attached hydrogen (secondary N) is 1. The topological polar surface area (TPSA) is 58.6 Å². The summed E-state index contributed by atoms with van der Waals surface area (Å²) in [5.41, 5.74) is 1.02. The Morgan fingerprint density at radius 2 is 2.29 bits per heavy atom. The van der Waals surface area contributed by atoms with Crippen LogP contribution in [0.5, 0.6) is 0 Å². The van der Waals surface area contributed by atoms with Crippen LogP contribution in [0.2, 0.25) is 0 Å². The lowest BCUT2D eigenvalue weighted by atomic mass is 10.1. The molecule has 1 N–H and O–H groups in total. The third kappa shape index (κ3) is 4.26. The van der Waals surface area contributed by atoms with Gasteiger partial charge in [-0.1, -0.05) is 13.8 Å². The maximum absolute atomic E-state index is 12.7. The molecule has 1 aliphatic rings. The van der Waals surface area contributed by atoms with Crippen LogP contribution in [-0.2, 0) is 21.3 Å². The molecule has 21 heavy (non-hydrogen) atoms. The van der Waals surface area contributed by atoms with Gasteiger partial charge in [0.05, 0.1) is 6.10 Å². The third-order valence-electron chi connectivity index (χ3n) is 3.61. The Bertz CT molecular complexity index is 554. The Labute approximate surface area is 131 Å². The van der Waals surface area contributed by atoms with Gasteiger partial charge < -0.3 is 10.1 Å². The number of nitrogens with zero attached hydrogens (tertiary/aromatic N) is 1. The predicted octanol–water partition coefficient (Wildman–Crippen LogP) is 2.05. The number of methoxy groups -OCH3 is 1. The van der Waals surface area contributed by atoms with E-state index in [1.807, 2.05) is 5.38 Å². The van der Waals surface area contributed by atoms with Crippen LogP contribution in [0.3, 0.4) is 0 Å². The molecule has 2 rings (SSSR count). The van der Waals surface area contributed by atoms with Crippen molar-refractivity contribution < 1.29 is 13.2 Å². The van der Waals surface area contributed by atoms with Crippen molar-refractivity contribution in [2.75, 3.05) is 20.2 Å². The van der Waals surface area contributed by atoms with E-state index in [1.54, 1.807) is 17.5 Å². The molecule has 1 unspecified atom stereocenters. The van der Waals surface area contributed by atoms with E-state index in [2.05, 4.69) is 19.2 Å². The normalized spacial score (nSPS) is 21.0. The van der Waals surface area contributed by atoms with Gasteiger partial charge >= 0.3 is 0 Å². The third-order valence-corrected chi connectivity index (χ3v) is 6.94. The molecule has 1 atom stereocenters. The molecule has 0 saturated carbocycles. The fourth-order valence-electron chi connectivity index (χ4n) is 2.35. The summed E-state index contributed by atoms with van der Waals surface area (Å²) in [6, 6.07) is 2.17. The van der Waals surface area contributed by atoms with Gasteiger partial charge in [0, 0.05) is 32.8 Å². The summed E-state index contributed by atoms with van der Waals surface area (Å²) >= 11 is 1.30. The van der Waals surface area contributed by atoms with Crippen molar-refractivity contribution >= 4 is 21.4 Å². The predicted molar refractivity (Wildman–Crippen MR) is 85.1 cm³/mol. The van der Waals surface area contributed by atoms with Crippen LogP contribution >= 0.6 is 11.3 Å². The van der Waals surface area contributed by atoms with Crippen molar-refractivity contribution in [3.63, 3.8) is 0 Å². The summed E-state index contributed by atoms with van der Waals surface area (Å²) in [6.45, 7) is 5.88. The molecular formula is C14H24N2O3S2. The monoisotopic (exact) mass is 332 g/mol. The number of ether oxygens (including phenoxy) is 1. The summed E-state index contributed by atoms with van der Waals surface area (Å²) in [5, 5.41) is 5.22. The largest absolute Gasteiger partial charge is 0.380 e. The molecule has 2 heterocycles. The van der Waals surface area contributed by atoms with E-state index in [0.29, 0.717) is 29.9 Å². The second-order valence-corrected chi connectivity index (χ2v) is 8.75. The minimum Gasteiger partial charge on any atom is -0.380 e. The van der Waals surface area contributed by atoms with Gasteiger partial charge in [0.1, 0.15) is 4.21 Å². The number of thiophene rings is 1. The minimum atomic E-state index is -3.38. The molecule has 0 spiro atoms. The molecule has 0 radical (unpaired) electrons. The van der Waals surface area contributed by atoms with E-state index >= 15 is 0 Å². The first-order valence-corrected chi connectivity index (χ1v) is 9.59. The molecule has 0 bridgehead atoms. The van der Waals surface area contributed by atoms with Gasteiger partial charge in [0.25, 0.3) is 10.0 Å². The van der Waals surface area contributed by atoms with Crippen LogP contribution < -0.4 is 5.32 Å². The lowest BCUT2D eigenvalue weighted by Crippen LogP contribution is -2.42. The smallest absolute Gasteiger partial charge is 0.252 e. The maximum atomic E-state index is 12.7. The van der Waals surface area contributed by atoms with Crippen LogP contribution in [0.25, 0.3) is 0 Å². The molecule has 0 aromatic carbocycles. The van der Waals surface area contributed by atoms with Crippen molar-refractivity contribution in [2.45, 2.75) is 49.6 Å². The lowest BCUT2D eigenvalue weighted by molar-refractivity contribution is 0.0572. The second-order valence-electron chi connectivity index (χ2n) is 5.67. The van der Waals surface area contributed by atoms with Gasteiger partial charge in [0.2, 0.25) is 0 Å². The first kappa shape index (κ1) is 16.9. The minimum absolute atomic E-state index is 0.00978. The highest BCUT2D eigenvalue weighted by molar-refractivity contribution is 7.91. The molecular weight excluding hydrogens is 308 g/mol. The summed E-state index contributed by atoms with van der Waals surface area (Å²) in [5.74, 6) is 0. The van der Waals surface area contributed by atoms with Crippen molar-refractivity contribution in [3.8, 4) is 0 Å². The Hall–Kier alpha value is -0.470. The van der Waals surface area contributed by atoms with Gasteiger partial charge in [-0.25, -0.2) is 8.42 Å². The summed E-state index contributed by atoms with van der Waals surface area (Å²) in [4.78, 5) is 0. The number of piperidine rings is 1.